The van der Waals surface area contributed by atoms with Crippen molar-refractivity contribution >= 4 is 11.7 Å². The van der Waals surface area contributed by atoms with Crippen molar-refractivity contribution in [1.82, 2.24) is 4.90 Å². The third kappa shape index (κ3) is 5.56. The van der Waals surface area contributed by atoms with Gasteiger partial charge in [-0.25, -0.2) is 0 Å². The maximum Gasteiger partial charge on any atom is 0.233 e. The summed E-state index contributed by atoms with van der Waals surface area (Å²) >= 11 is 0. The average Bonchev–Trinajstić information content (AvgIpc) is 2.23. The Morgan fingerprint density at radius 1 is 1.18 bits per heavy atom. The number of rotatable bonds is 6. The highest BCUT2D eigenvalue weighted by Gasteiger charge is 2.24. The Kier molecular flexibility index (Phi) is 6.61. The Morgan fingerprint density at radius 3 is 1.88 bits per heavy atom. The van der Waals surface area contributed by atoms with E-state index >= 15 is 0 Å². The van der Waals surface area contributed by atoms with Gasteiger partial charge in [-0.2, -0.15) is 0 Å². The van der Waals surface area contributed by atoms with Crippen molar-refractivity contribution < 1.29 is 10.0 Å². The molecular formula is C12H25N3O2. The number of oxime groups is 1. The summed E-state index contributed by atoms with van der Waals surface area (Å²) in [5.41, 5.74) is 5.47. The summed E-state index contributed by atoms with van der Waals surface area (Å²) in [4.78, 5) is 14.0. The van der Waals surface area contributed by atoms with Gasteiger partial charge in [0.1, 0.15) is 0 Å². The highest BCUT2D eigenvalue weighted by Crippen LogP contribution is 2.09. The summed E-state index contributed by atoms with van der Waals surface area (Å²) in [6, 6.07) is 0. The number of amidine groups is 1. The van der Waals surface area contributed by atoms with Crippen LogP contribution in [0.1, 0.15) is 34.6 Å². The zero-order valence-corrected chi connectivity index (χ0v) is 11.5. The first kappa shape index (κ1) is 15.7. The highest BCUT2D eigenvalue weighted by molar-refractivity contribution is 6.01. The van der Waals surface area contributed by atoms with E-state index in [-0.39, 0.29) is 11.7 Å². The Balaban J connectivity index is 4.73. The molecule has 3 N–H and O–H groups in total. The van der Waals surface area contributed by atoms with Crippen molar-refractivity contribution in [2.45, 2.75) is 34.6 Å². The summed E-state index contributed by atoms with van der Waals surface area (Å²) in [6.07, 6.45) is 0. The smallest absolute Gasteiger partial charge is 0.233 e. The number of carbonyl (C=O) groups excluding carboxylic acids is 1. The van der Waals surface area contributed by atoms with E-state index in [1.807, 2.05) is 0 Å². The van der Waals surface area contributed by atoms with Gasteiger partial charge in [-0.15, -0.1) is 0 Å². The summed E-state index contributed by atoms with van der Waals surface area (Å²) in [5.74, 6) is 0.113. The molecule has 5 nitrogen and oxygen atoms in total. The Bertz CT molecular complexity index is 265. The largest absolute Gasteiger partial charge is 0.409 e. The lowest BCUT2D eigenvalue weighted by Crippen LogP contribution is -2.43. The fourth-order valence-electron chi connectivity index (χ4n) is 1.62. The Hall–Kier alpha value is -1.26. The van der Waals surface area contributed by atoms with Crippen LogP contribution in [0.25, 0.3) is 0 Å². The molecule has 0 aliphatic heterocycles. The molecular weight excluding hydrogens is 218 g/mol. The van der Waals surface area contributed by atoms with Crippen molar-refractivity contribution in [3.8, 4) is 0 Å². The molecule has 1 unspecified atom stereocenters. The lowest BCUT2D eigenvalue weighted by molar-refractivity contribution is -0.134. The SMILES string of the molecule is CC(C)CN(CC(C)C)C(=O)C(C)C(N)=NO. The van der Waals surface area contributed by atoms with Crippen LogP contribution in [-0.4, -0.2) is 34.9 Å². The summed E-state index contributed by atoms with van der Waals surface area (Å²) in [5, 5.41) is 11.5. The quantitative estimate of drug-likeness (QED) is 0.321. The molecule has 0 aromatic rings. The maximum absolute atomic E-state index is 12.2. The van der Waals surface area contributed by atoms with E-state index in [4.69, 9.17) is 10.9 Å². The van der Waals surface area contributed by atoms with Crippen LogP contribution in [0.5, 0.6) is 0 Å². The zero-order valence-electron chi connectivity index (χ0n) is 11.5. The number of nitrogens with two attached hydrogens (primary N) is 1. The van der Waals surface area contributed by atoms with Gasteiger partial charge in [0.25, 0.3) is 0 Å². The third-order valence-corrected chi connectivity index (χ3v) is 2.41. The first-order valence-corrected chi connectivity index (χ1v) is 6.05. The normalized spacial score (nSPS) is 14.2. The second kappa shape index (κ2) is 7.14. The van der Waals surface area contributed by atoms with E-state index < -0.39 is 5.92 Å². The molecule has 0 aliphatic rings. The summed E-state index contributed by atoms with van der Waals surface area (Å²) in [6.45, 7) is 11.3. The van der Waals surface area contributed by atoms with E-state index in [2.05, 4.69) is 32.9 Å². The average molecular weight is 243 g/mol. The number of amides is 1. The molecule has 5 heteroatoms. The predicted octanol–water partition coefficient (Wildman–Crippen LogP) is 1.51. The monoisotopic (exact) mass is 243 g/mol. The molecule has 0 heterocycles. The van der Waals surface area contributed by atoms with Crippen LogP contribution in [0, 0.1) is 17.8 Å². The van der Waals surface area contributed by atoms with Crippen molar-refractivity contribution in [2.75, 3.05) is 13.1 Å². The third-order valence-electron chi connectivity index (χ3n) is 2.41. The van der Waals surface area contributed by atoms with Crippen LogP contribution in [0.2, 0.25) is 0 Å². The van der Waals surface area contributed by atoms with Gasteiger partial charge in [-0.1, -0.05) is 32.9 Å². The maximum atomic E-state index is 12.2. The fourth-order valence-corrected chi connectivity index (χ4v) is 1.62. The highest BCUT2D eigenvalue weighted by atomic mass is 16.4. The van der Waals surface area contributed by atoms with Crippen LogP contribution in [0.4, 0.5) is 0 Å². The molecule has 0 aromatic heterocycles. The molecule has 0 rings (SSSR count). The van der Waals surface area contributed by atoms with Gasteiger partial charge < -0.3 is 15.8 Å². The molecule has 0 saturated carbocycles. The minimum atomic E-state index is -0.572. The number of hydrogen-bond acceptors (Lipinski definition) is 3. The van der Waals surface area contributed by atoms with Crippen LogP contribution >= 0.6 is 0 Å². The Labute approximate surface area is 104 Å². The van der Waals surface area contributed by atoms with Crippen molar-refractivity contribution in [2.24, 2.45) is 28.6 Å². The van der Waals surface area contributed by atoms with Crippen molar-refractivity contribution in [3.05, 3.63) is 0 Å². The second-order valence-corrected chi connectivity index (χ2v) is 5.28. The van der Waals surface area contributed by atoms with Crippen molar-refractivity contribution in [3.63, 3.8) is 0 Å². The molecule has 0 radical (unpaired) electrons. The van der Waals surface area contributed by atoms with Crippen LogP contribution in [-0.2, 0) is 4.79 Å². The van der Waals surface area contributed by atoms with Gasteiger partial charge in [-0.05, 0) is 18.8 Å². The van der Waals surface area contributed by atoms with Crippen LogP contribution < -0.4 is 5.73 Å². The summed E-state index contributed by atoms with van der Waals surface area (Å²) < 4.78 is 0. The van der Waals surface area contributed by atoms with Crippen LogP contribution in [0.3, 0.4) is 0 Å². The first-order valence-electron chi connectivity index (χ1n) is 6.05. The van der Waals surface area contributed by atoms with E-state index in [9.17, 15) is 4.79 Å². The molecule has 1 atom stereocenters. The lowest BCUT2D eigenvalue weighted by Gasteiger charge is -2.28. The van der Waals surface area contributed by atoms with Gasteiger partial charge in [-0.3, -0.25) is 4.79 Å². The van der Waals surface area contributed by atoms with Gasteiger partial charge in [0.15, 0.2) is 5.84 Å². The molecule has 0 aliphatic carbocycles. The van der Waals surface area contributed by atoms with Gasteiger partial charge in [0.05, 0.1) is 5.92 Å². The minimum Gasteiger partial charge on any atom is -0.409 e. The minimum absolute atomic E-state index is 0.0347. The fraction of sp³-hybridized carbons (Fsp3) is 0.833. The molecule has 100 valence electrons. The first-order chi connectivity index (χ1) is 7.79. The van der Waals surface area contributed by atoms with Gasteiger partial charge in [0, 0.05) is 13.1 Å². The van der Waals surface area contributed by atoms with Gasteiger partial charge in [0.2, 0.25) is 5.91 Å². The molecule has 0 aromatic carbocycles. The number of hydrogen-bond donors (Lipinski definition) is 2. The molecule has 0 spiro atoms. The molecule has 1 amide bonds. The number of nitrogens with zero attached hydrogens (tertiary/aromatic N) is 2. The Morgan fingerprint density at radius 2 is 1.59 bits per heavy atom. The standard InChI is InChI=1S/C12H25N3O2/c1-8(2)6-15(7-9(3)4)12(16)10(5)11(13)14-17/h8-10,17H,6-7H2,1-5H3,(H2,13,14). The van der Waals surface area contributed by atoms with E-state index in [0.717, 1.165) is 0 Å². The zero-order chi connectivity index (χ0) is 13.6. The summed E-state index contributed by atoms with van der Waals surface area (Å²) in [7, 11) is 0. The van der Waals surface area contributed by atoms with Crippen LogP contribution in [0.15, 0.2) is 5.16 Å². The van der Waals surface area contributed by atoms with E-state index in [1.54, 1.807) is 11.8 Å². The second-order valence-electron chi connectivity index (χ2n) is 5.28. The van der Waals surface area contributed by atoms with E-state index in [0.29, 0.717) is 24.9 Å². The molecule has 0 fully saturated rings. The molecule has 0 saturated heterocycles. The molecule has 0 bridgehead atoms. The van der Waals surface area contributed by atoms with E-state index in [1.165, 1.54) is 0 Å². The lowest BCUT2D eigenvalue weighted by atomic mass is 10.1. The predicted molar refractivity (Wildman–Crippen MR) is 68.8 cm³/mol. The van der Waals surface area contributed by atoms with Crippen molar-refractivity contribution in [1.29, 1.82) is 0 Å². The van der Waals surface area contributed by atoms with Gasteiger partial charge >= 0.3 is 0 Å². The number of carbonyl (C=O) groups is 1. The topological polar surface area (TPSA) is 78.9 Å². The molecule has 17 heavy (non-hydrogen) atoms.